The van der Waals surface area contributed by atoms with Crippen LogP contribution in [0.1, 0.15) is 29.0 Å². The van der Waals surface area contributed by atoms with Gasteiger partial charge in [0.15, 0.2) is 0 Å². The van der Waals surface area contributed by atoms with E-state index in [9.17, 15) is 4.39 Å². The standard InChI is InChI=1S/C15H13BrClF/c1-2-10-3-5-11(6-4-10)15(17)13-9-12(16)7-8-14(13)18/h3-9,15H,2H2,1H3. The molecule has 0 aliphatic heterocycles. The molecule has 0 bridgehead atoms. The fourth-order valence-corrected chi connectivity index (χ4v) is 2.50. The first kappa shape index (κ1) is 13.6. The van der Waals surface area contributed by atoms with Gasteiger partial charge in [-0.3, -0.25) is 0 Å². The number of aryl methyl sites for hydroxylation is 1. The molecule has 0 spiro atoms. The fourth-order valence-electron chi connectivity index (χ4n) is 1.81. The smallest absolute Gasteiger partial charge is 0.128 e. The van der Waals surface area contributed by atoms with E-state index in [0.29, 0.717) is 5.56 Å². The lowest BCUT2D eigenvalue weighted by atomic mass is 10.0. The Balaban J connectivity index is 2.34. The summed E-state index contributed by atoms with van der Waals surface area (Å²) in [6.45, 7) is 2.10. The molecule has 0 saturated carbocycles. The van der Waals surface area contributed by atoms with Crippen LogP contribution in [0.15, 0.2) is 46.9 Å². The molecule has 2 rings (SSSR count). The van der Waals surface area contributed by atoms with Gasteiger partial charge in [0.05, 0.1) is 5.38 Å². The number of alkyl halides is 1. The zero-order valence-corrected chi connectivity index (χ0v) is 12.3. The molecule has 18 heavy (non-hydrogen) atoms. The lowest BCUT2D eigenvalue weighted by Crippen LogP contribution is -1.97. The third kappa shape index (κ3) is 2.93. The van der Waals surface area contributed by atoms with E-state index in [1.807, 2.05) is 24.3 Å². The monoisotopic (exact) mass is 326 g/mol. The van der Waals surface area contributed by atoms with Crippen molar-refractivity contribution in [3.63, 3.8) is 0 Å². The van der Waals surface area contributed by atoms with Gasteiger partial charge >= 0.3 is 0 Å². The van der Waals surface area contributed by atoms with E-state index in [1.54, 1.807) is 12.1 Å². The van der Waals surface area contributed by atoms with Gasteiger partial charge in [-0.2, -0.15) is 0 Å². The van der Waals surface area contributed by atoms with Gasteiger partial charge in [0.2, 0.25) is 0 Å². The number of hydrogen-bond acceptors (Lipinski definition) is 0. The fraction of sp³-hybridized carbons (Fsp3) is 0.200. The Bertz CT molecular complexity index is 537. The molecule has 1 unspecified atom stereocenters. The molecular formula is C15H13BrClF. The topological polar surface area (TPSA) is 0 Å². The average Bonchev–Trinajstić information content (AvgIpc) is 2.41. The van der Waals surface area contributed by atoms with Gasteiger partial charge < -0.3 is 0 Å². The maximum Gasteiger partial charge on any atom is 0.128 e. The maximum atomic E-state index is 13.7. The summed E-state index contributed by atoms with van der Waals surface area (Å²) in [7, 11) is 0. The largest absolute Gasteiger partial charge is 0.207 e. The summed E-state index contributed by atoms with van der Waals surface area (Å²) in [4.78, 5) is 0. The van der Waals surface area contributed by atoms with E-state index in [0.717, 1.165) is 16.5 Å². The average molecular weight is 328 g/mol. The molecule has 2 aromatic carbocycles. The zero-order chi connectivity index (χ0) is 13.1. The van der Waals surface area contributed by atoms with Crippen LogP contribution in [-0.4, -0.2) is 0 Å². The first-order valence-corrected chi connectivity index (χ1v) is 7.02. The highest BCUT2D eigenvalue weighted by atomic mass is 79.9. The molecule has 0 saturated heterocycles. The second-order valence-electron chi connectivity index (χ2n) is 4.12. The highest BCUT2D eigenvalue weighted by molar-refractivity contribution is 9.10. The molecule has 0 fully saturated rings. The van der Waals surface area contributed by atoms with Crippen LogP contribution in [0.5, 0.6) is 0 Å². The van der Waals surface area contributed by atoms with Crippen LogP contribution in [0.3, 0.4) is 0 Å². The summed E-state index contributed by atoms with van der Waals surface area (Å²) in [5, 5.41) is -0.464. The Morgan fingerprint density at radius 2 is 1.83 bits per heavy atom. The van der Waals surface area contributed by atoms with Crippen LogP contribution >= 0.6 is 27.5 Å². The Labute approximate surface area is 120 Å². The van der Waals surface area contributed by atoms with Crippen molar-refractivity contribution in [2.45, 2.75) is 18.7 Å². The molecule has 0 N–H and O–H groups in total. The van der Waals surface area contributed by atoms with Gasteiger partial charge in [0.1, 0.15) is 5.82 Å². The second kappa shape index (κ2) is 5.85. The van der Waals surface area contributed by atoms with Crippen LogP contribution in [-0.2, 0) is 6.42 Å². The highest BCUT2D eigenvalue weighted by Gasteiger charge is 2.15. The van der Waals surface area contributed by atoms with Gasteiger partial charge in [-0.1, -0.05) is 47.1 Å². The van der Waals surface area contributed by atoms with E-state index in [2.05, 4.69) is 22.9 Å². The van der Waals surface area contributed by atoms with Gasteiger partial charge in [0, 0.05) is 10.0 Å². The third-order valence-corrected chi connectivity index (χ3v) is 3.89. The van der Waals surface area contributed by atoms with E-state index in [1.165, 1.54) is 11.6 Å². The van der Waals surface area contributed by atoms with Crippen LogP contribution in [0, 0.1) is 5.82 Å². The van der Waals surface area contributed by atoms with Crippen molar-refractivity contribution < 1.29 is 4.39 Å². The molecule has 2 aromatic rings. The summed E-state index contributed by atoms with van der Waals surface area (Å²) in [5.41, 5.74) is 2.65. The van der Waals surface area contributed by atoms with Crippen molar-refractivity contribution in [2.24, 2.45) is 0 Å². The Kier molecular flexibility index (Phi) is 4.41. The molecule has 3 heteroatoms. The first-order chi connectivity index (χ1) is 8.61. The molecule has 0 radical (unpaired) electrons. The molecule has 94 valence electrons. The summed E-state index contributed by atoms with van der Waals surface area (Å²) >= 11 is 9.68. The number of benzene rings is 2. The quantitative estimate of drug-likeness (QED) is 0.655. The molecule has 0 nitrogen and oxygen atoms in total. The van der Waals surface area contributed by atoms with Gasteiger partial charge in [-0.15, -0.1) is 11.6 Å². The minimum Gasteiger partial charge on any atom is -0.207 e. The second-order valence-corrected chi connectivity index (χ2v) is 5.48. The lowest BCUT2D eigenvalue weighted by molar-refractivity contribution is 0.612. The molecule has 0 aliphatic rings. The van der Waals surface area contributed by atoms with Crippen molar-refractivity contribution in [3.05, 3.63) is 69.4 Å². The van der Waals surface area contributed by atoms with Crippen molar-refractivity contribution in [1.29, 1.82) is 0 Å². The molecular weight excluding hydrogens is 315 g/mol. The Morgan fingerprint density at radius 3 is 2.44 bits per heavy atom. The van der Waals surface area contributed by atoms with Gasteiger partial charge in [-0.05, 0) is 35.7 Å². The highest BCUT2D eigenvalue weighted by Crippen LogP contribution is 2.32. The number of rotatable bonds is 3. The Morgan fingerprint density at radius 1 is 1.17 bits per heavy atom. The predicted octanol–water partition coefficient (Wildman–Crippen LogP) is 5.48. The van der Waals surface area contributed by atoms with Gasteiger partial charge in [0.25, 0.3) is 0 Å². The summed E-state index contributed by atoms with van der Waals surface area (Å²) in [6.07, 6.45) is 0.985. The molecule has 1 atom stereocenters. The maximum absolute atomic E-state index is 13.7. The number of halogens is 3. The van der Waals surface area contributed by atoms with E-state index >= 15 is 0 Å². The molecule has 0 aliphatic carbocycles. The van der Waals surface area contributed by atoms with Crippen molar-refractivity contribution in [2.75, 3.05) is 0 Å². The summed E-state index contributed by atoms with van der Waals surface area (Å²) in [6, 6.07) is 12.8. The Hall–Kier alpha value is -0.860. The molecule has 0 heterocycles. The normalized spacial score (nSPS) is 12.4. The SMILES string of the molecule is CCc1ccc(C(Cl)c2cc(Br)ccc2F)cc1. The first-order valence-electron chi connectivity index (χ1n) is 5.79. The van der Waals surface area contributed by atoms with E-state index in [4.69, 9.17) is 11.6 Å². The zero-order valence-electron chi connectivity index (χ0n) is 9.96. The van der Waals surface area contributed by atoms with Gasteiger partial charge in [-0.25, -0.2) is 4.39 Å². The van der Waals surface area contributed by atoms with Crippen LogP contribution in [0.2, 0.25) is 0 Å². The van der Waals surface area contributed by atoms with Crippen LogP contribution in [0.4, 0.5) is 4.39 Å². The van der Waals surface area contributed by atoms with Crippen molar-refractivity contribution >= 4 is 27.5 Å². The summed E-state index contributed by atoms with van der Waals surface area (Å²) in [5.74, 6) is -0.280. The number of hydrogen-bond donors (Lipinski definition) is 0. The third-order valence-electron chi connectivity index (χ3n) is 2.91. The molecule has 0 aromatic heterocycles. The lowest BCUT2D eigenvalue weighted by Gasteiger charge is -2.12. The van der Waals surface area contributed by atoms with E-state index < -0.39 is 5.38 Å². The molecule has 0 amide bonds. The van der Waals surface area contributed by atoms with Crippen LogP contribution < -0.4 is 0 Å². The van der Waals surface area contributed by atoms with Crippen molar-refractivity contribution in [1.82, 2.24) is 0 Å². The minimum atomic E-state index is -0.464. The predicted molar refractivity (Wildman–Crippen MR) is 77.6 cm³/mol. The summed E-state index contributed by atoms with van der Waals surface area (Å²) < 4.78 is 14.6. The van der Waals surface area contributed by atoms with Crippen molar-refractivity contribution in [3.8, 4) is 0 Å². The van der Waals surface area contributed by atoms with Crippen LogP contribution in [0.25, 0.3) is 0 Å². The minimum absolute atomic E-state index is 0.280. The van der Waals surface area contributed by atoms with E-state index in [-0.39, 0.29) is 5.82 Å².